The van der Waals surface area contributed by atoms with E-state index in [4.69, 9.17) is 21.2 Å². The fourth-order valence-electron chi connectivity index (χ4n) is 3.78. The van der Waals surface area contributed by atoms with Gasteiger partial charge in [-0.1, -0.05) is 65.3 Å². The van der Waals surface area contributed by atoms with Crippen LogP contribution in [0.3, 0.4) is 0 Å². The van der Waals surface area contributed by atoms with Gasteiger partial charge < -0.3 is 20.1 Å². The molecule has 2 atom stereocenters. The molecule has 7 nitrogen and oxygen atoms in total. The number of nitrogens with one attached hydrogen (secondary N) is 1. The normalized spacial score (nSPS) is 12.6. The average molecular weight is 509 g/mol. The summed E-state index contributed by atoms with van der Waals surface area (Å²) < 4.78 is 19.1. The van der Waals surface area contributed by atoms with Gasteiger partial charge >= 0.3 is 5.97 Å². The lowest BCUT2D eigenvalue weighted by atomic mass is 9.97. The highest BCUT2D eigenvalue weighted by Crippen LogP contribution is 2.24. The van der Waals surface area contributed by atoms with Crippen LogP contribution in [-0.2, 0) is 11.2 Å². The van der Waals surface area contributed by atoms with Gasteiger partial charge in [0.2, 0.25) is 5.76 Å². The summed E-state index contributed by atoms with van der Waals surface area (Å²) in [7, 11) is 0. The number of hydrogen-bond donors (Lipinski definition) is 3. The molecule has 0 radical (unpaired) electrons. The van der Waals surface area contributed by atoms with Crippen molar-refractivity contribution in [3.63, 3.8) is 0 Å². The van der Waals surface area contributed by atoms with Crippen LogP contribution in [0, 0.1) is 5.82 Å². The van der Waals surface area contributed by atoms with E-state index < -0.39 is 29.8 Å². The van der Waals surface area contributed by atoms with Crippen molar-refractivity contribution in [3.05, 3.63) is 101 Å². The highest BCUT2D eigenvalue weighted by Gasteiger charge is 2.24. The summed E-state index contributed by atoms with van der Waals surface area (Å²) in [5, 5.41) is 26.1. The molecule has 1 aromatic heterocycles. The van der Waals surface area contributed by atoms with Crippen LogP contribution >= 0.6 is 11.6 Å². The number of carbonyl (C=O) groups is 2. The second kappa shape index (κ2) is 11.2. The first kappa shape index (κ1) is 25.1. The largest absolute Gasteiger partial charge is 0.479 e. The van der Waals surface area contributed by atoms with Crippen molar-refractivity contribution >= 4 is 23.5 Å². The summed E-state index contributed by atoms with van der Waals surface area (Å²) in [4.78, 5) is 24.0. The zero-order valence-corrected chi connectivity index (χ0v) is 19.7. The molecule has 4 rings (SSSR count). The number of carboxylic acid groups (broad SMARTS) is 1. The maximum Gasteiger partial charge on any atom is 0.332 e. The van der Waals surface area contributed by atoms with E-state index in [2.05, 4.69) is 10.5 Å². The number of rotatable bonds is 9. The summed E-state index contributed by atoms with van der Waals surface area (Å²) in [5.41, 5.74) is 3.02. The third-order valence-electron chi connectivity index (χ3n) is 5.61. The second-order valence-corrected chi connectivity index (χ2v) is 8.66. The number of amides is 1. The van der Waals surface area contributed by atoms with Gasteiger partial charge in [-0.3, -0.25) is 4.79 Å². The number of halogens is 2. The van der Waals surface area contributed by atoms with Crippen molar-refractivity contribution in [2.75, 3.05) is 0 Å². The lowest BCUT2D eigenvalue weighted by Crippen LogP contribution is -2.40. The number of aliphatic carboxylic acids is 1. The van der Waals surface area contributed by atoms with Crippen LogP contribution in [0.1, 0.15) is 22.5 Å². The molecule has 4 aromatic rings. The molecular formula is C27H22ClFN2O5. The summed E-state index contributed by atoms with van der Waals surface area (Å²) in [6.07, 6.45) is -1.66. The van der Waals surface area contributed by atoms with Gasteiger partial charge in [0.25, 0.3) is 5.91 Å². The second-order valence-electron chi connectivity index (χ2n) is 8.23. The van der Waals surface area contributed by atoms with Crippen molar-refractivity contribution in [2.24, 2.45) is 0 Å². The third-order valence-corrected chi connectivity index (χ3v) is 5.84. The molecule has 0 spiro atoms. The van der Waals surface area contributed by atoms with E-state index >= 15 is 0 Å². The number of aliphatic hydroxyl groups is 1. The molecular weight excluding hydrogens is 487 g/mol. The van der Waals surface area contributed by atoms with Crippen LogP contribution in [0.2, 0.25) is 5.02 Å². The maximum absolute atomic E-state index is 14.0. The van der Waals surface area contributed by atoms with Crippen molar-refractivity contribution in [1.82, 2.24) is 10.5 Å². The van der Waals surface area contributed by atoms with E-state index in [1.165, 1.54) is 24.3 Å². The van der Waals surface area contributed by atoms with E-state index in [0.29, 0.717) is 5.02 Å². The molecule has 3 N–H and O–H groups in total. The maximum atomic E-state index is 14.0. The molecule has 9 heteroatoms. The Balaban J connectivity index is 1.50. The molecule has 0 unspecified atom stereocenters. The minimum atomic E-state index is -1.68. The van der Waals surface area contributed by atoms with Crippen molar-refractivity contribution in [3.8, 4) is 22.4 Å². The van der Waals surface area contributed by atoms with E-state index in [0.717, 1.165) is 16.7 Å². The highest BCUT2D eigenvalue weighted by molar-refractivity contribution is 6.30. The summed E-state index contributed by atoms with van der Waals surface area (Å²) >= 11 is 6.07. The Bertz CT molecular complexity index is 1370. The van der Waals surface area contributed by atoms with Crippen LogP contribution < -0.4 is 5.32 Å². The number of aromatic nitrogens is 1. The lowest BCUT2D eigenvalue weighted by molar-refractivity contribution is -0.147. The molecule has 1 heterocycles. The number of nitrogens with zero attached hydrogens (tertiary/aromatic N) is 1. The van der Waals surface area contributed by atoms with Crippen molar-refractivity contribution in [1.29, 1.82) is 0 Å². The van der Waals surface area contributed by atoms with E-state index in [1.54, 1.807) is 12.1 Å². The molecule has 3 aromatic carbocycles. The number of hydrogen-bond acceptors (Lipinski definition) is 5. The van der Waals surface area contributed by atoms with E-state index in [9.17, 15) is 19.1 Å². The van der Waals surface area contributed by atoms with Gasteiger partial charge in [-0.05, 0) is 47.4 Å². The average Bonchev–Trinajstić information content (AvgIpc) is 3.35. The Kier molecular flexibility index (Phi) is 7.77. The number of carboxylic acids is 1. The molecule has 0 aliphatic carbocycles. The van der Waals surface area contributed by atoms with E-state index in [1.807, 2.05) is 42.5 Å². The highest BCUT2D eigenvalue weighted by atomic mass is 35.5. The fourth-order valence-corrected chi connectivity index (χ4v) is 3.97. The number of carbonyl (C=O) groups excluding carboxylic acids is 1. The first-order chi connectivity index (χ1) is 17.3. The SMILES string of the molecule is O=C(N[C@H](Cc1ccc(-c2cccc(Cl)c2)cc1)C[C@@H](O)C(=O)O)c1cc(-c2ccccc2F)no1. The Morgan fingerprint density at radius 2 is 1.75 bits per heavy atom. The van der Waals surface area contributed by atoms with E-state index in [-0.39, 0.29) is 29.9 Å². The number of aliphatic hydroxyl groups excluding tert-OH is 1. The Hall–Kier alpha value is -4.01. The van der Waals surface area contributed by atoms with Gasteiger partial charge in [0.05, 0.1) is 0 Å². The van der Waals surface area contributed by atoms with Gasteiger partial charge in [-0.15, -0.1) is 0 Å². The molecule has 184 valence electrons. The standard InChI is InChI=1S/C27H22ClFN2O5/c28-19-5-3-4-18(13-19)17-10-8-16(9-11-17)12-20(14-24(32)27(34)35)30-26(33)25-15-23(31-36-25)21-6-1-2-7-22(21)29/h1-11,13,15,20,24,32H,12,14H2,(H,30,33)(H,34,35)/t20-,24-/m1/s1. The predicted molar refractivity (Wildman–Crippen MR) is 132 cm³/mol. The molecule has 0 aliphatic heterocycles. The minimum Gasteiger partial charge on any atom is -0.479 e. The Labute approximate surface area is 211 Å². The van der Waals surface area contributed by atoms with Crippen LogP contribution in [-0.4, -0.2) is 39.4 Å². The van der Waals surface area contributed by atoms with Gasteiger partial charge in [0.15, 0.2) is 6.10 Å². The van der Waals surface area contributed by atoms with Gasteiger partial charge in [-0.25, -0.2) is 9.18 Å². The first-order valence-electron chi connectivity index (χ1n) is 11.1. The van der Waals surface area contributed by atoms with Crippen LogP contribution in [0.25, 0.3) is 22.4 Å². The molecule has 0 aliphatic rings. The van der Waals surface area contributed by atoms with Crippen LogP contribution in [0.4, 0.5) is 4.39 Å². The quantitative estimate of drug-likeness (QED) is 0.294. The zero-order chi connectivity index (χ0) is 25.7. The molecule has 36 heavy (non-hydrogen) atoms. The zero-order valence-electron chi connectivity index (χ0n) is 18.9. The smallest absolute Gasteiger partial charge is 0.332 e. The third kappa shape index (κ3) is 6.16. The van der Waals surface area contributed by atoms with Crippen LogP contribution in [0.5, 0.6) is 0 Å². The molecule has 0 saturated carbocycles. The molecule has 1 amide bonds. The topological polar surface area (TPSA) is 113 Å². The molecule has 0 saturated heterocycles. The molecule has 0 fully saturated rings. The summed E-state index contributed by atoms with van der Waals surface area (Å²) in [6.45, 7) is 0. The molecule has 0 bridgehead atoms. The predicted octanol–water partition coefficient (Wildman–Crippen LogP) is 4.98. The number of benzene rings is 3. The first-order valence-corrected chi connectivity index (χ1v) is 11.5. The van der Waals surface area contributed by atoms with Crippen LogP contribution in [0.15, 0.2) is 83.4 Å². The van der Waals surface area contributed by atoms with Gasteiger partial charge in [0, 0.05) is 29.1 Å². The van der Waals surface area contributed by atoms with Gasteiger partial charge in [-0.2, -0.15) is 0 Å². The fraction of sp³-hybridized carbons (Fsp3) is 0.148. The minimum absolute atomic E-state index is 0.150. The van der Waals surface area contributed by atoms with Gasteiger partial charge in [0.1, 0.15) is 11.5 Å². The van der Waals surface area contributed by atoms with Crippen molar-refractivity contribution < 1.29 is 28.7 Å². The summed E-state index contributed by atoms with van der Waals surface area (Å²) in [5.74, 6) is -2.74. The lowest BCUT2D eigenvalue weighted by Gasteiger charge is -2.20. The summed E-state index contributed by atoms with van der Waals surface area (Å²) in [6, 6.07) is 21.4. The van der Waals surface area contributed by atoms with Crippen molar-refractivity contribution in [2.45, 2.75) is 25.0 Å². The Morgan fingerprint density at radius 3 is 2.44 bits per heavy atom. The Morgan fingerprint density at radius 1 is 1.00 bits per heavy atom. The monoisotopic (exact) mass is 508 g/mol.